The van der Waals surface area contributed by atoms with Crippen LogP contribution in [-0.2, 0) is 6.42 Å². The first-order valence-electron chi connectivity index (χ1n) is 6.27. The summed E-state index contributed by atoms with van der Waals surface area (Å²) in [6.45, 7) is 5.27. The van der Waals surface area contributed by atoms with Crippen LogP contribution in [0.25, 0.3) is 11.1 Å². The van der Waals surface area contributed by atoms with E-state index in [9.17, 15) is 0 Å². The van der Waals surface area contributed by atoms with Gasteiger partial charge in [-0.05, 0) is 30.5 Å². The number of aryl methyl sites for hydroxylation is 1. The highest BCUT2D eigenvalue weighted by Gasteiger charge is 2.04. The Hall–Kier alpha value is -1.76. The predicted molar refractivity (Wildman–Crippen MR) is 75.4 cm³/mol. The largest absolute Gasteiger partial charge is 0.385 e. The van der Waals surface area contributed by atoms with Crippen LogP contribution in [0.15, 0.2) is 48.5 Å². The summed E-state index contributed by atoms with van der Waals surface area (Å²) in [5, 5.41) is 3.45. The van der Waals surface area contributed by atoms with E-state index in [2.05, 4.69) is 67.7 Å². The molecule has 0 unspecified atom stereocenters. The molecule has 0 bridgehead atoms. The average molecular weight is 225 g/mol. The van der Waals surface area contributed by atoms with Gasteiger partial charge in [0.1, 0.15) is 0 Å². The SMILES string of the molecule is CCNc1cc(CC)ccc1-c1ccccc1. The summed E-state index contributed by atoms with van der Waals surface area (Å²) in [6.07, 6.45) is 1.08. The van der Waals surface area contributed by atoms with Crippen molar-refractivity contribution < 1.29 is 0 Å². The van der Waals surface area contributed by atoms with Gasteiger partial charge in [-0.3, -0.25) is 0 Å². The highest BCUT2D eigenvalue weighted by molar-refractivity contribution is 5.78. The molecule has 0 aliphatic carbocycles. The Bertz CT molecular complexity index is 474. The third-order valence-electron chi connectivity index (χ3n) is 2.94. The van der Waals surface area contributed by atoms with Gasteiger partial charge in [0.25, 0.3) is 0 Å². The van der Waals surface area contributed by atoms with Crippen LogP contribution in [0, 0.1) is 0 Å². The molecule has 1 heteroatoms. The predicted octanol–water partition coefficient (Wildman–Crippen LogP) is 4.35. The lowest BCUT2D eigenvalue weighted by Crippen LogP contribution is -1.99. The minimum atomic E-state index is 0.951. The lowest BCUT2D eigenvalue weighted by Gasteiger charge is -2.12. The van der Waals surface area contributed by atoms with E-state index in [0.29, 0.717) is 0 Å². The van der Waals surface area contributed by atoms with Crippen LogP contribution in [-0.4, -0.2) is 6.54 Å². The molecule has 2 rings (SSSR count). The second-order valence-corrected chi connectivity index (χ2v) is 4.13. The standard InChI is InChI=1S/C16H19N/c1-3-13-10-11-15(16(12-13)17-4-2)14-8-6-5-7-9-14/h5-12,17H,3-4H2,1-2H3. The maximum absolute atomic E-state index is 3.45. The van der Waals surface area contributed by atoms with Gasteiger partial charge in [-0.1, -0.05) is 49.4 Å². The third-order valence-corrected chi connectivity index (χ3v) is 2.94. The molecule has 0 radical (unpaired) electrons. The normalized spacial score (nSPS) is 10.2. The molecule has 0 amide bonds. The molecule has 0 heterocycles. The summed E-state index contributed by atoms with van der Waals surface area (Å²) in [6, 6.07) is 17.2. The Morgan fingerprint density at radius 2 is 1.71 bits per heavy atom. The van der Waals surface area contributed by atoms with Crippen LogP contribution in [0.5, 0.6) is 0 Å². The summed E-state index contributed by atoms with van der Waals surface area (Å²) in [4.78, 5) is 0. The smallest absolute Gasteiger partial charge is 0.0422 e. The van der Waals surface area contributed by atoms with Crippen LogP contribution in [0.3, 0.4) is 0 Å². The molecular formula is C16H19N. The number of hydrogen-bond acceptors (Lipinski definition) is 1. The van der Waals surface area contributed by atoms with Gasteiger partial charge in [0.05, 0.1) is 0 Å². The van der Waals surface area contributed by atoms with E-state index in [0.717, 1.165) is 13.0 Å². The lowest BCUT2D eigenvalue weighted by molar-refractivity contribution is 1.13. The lowest BCUT2D eigenvalue weighted by atomic mass is 10.0. The number of hydrogen-bond donors (Lipinski definition) is 1. The molecule has 1 nitrogen and oxygen atoms in total. The van der Waals surface area contributed by atoms with E-state index >= 15 is 0 Å². The van der Waals surface area contributed by atoms with Crippen molar-refractivity contribution in [3.8, 4) is 11.1 Å². The van der Waals surface area contributed by atoms with Crippen LogP contribution in [0.4, 0.5) is 5.69 Å². The second-order valence-electron chi connectivity index (χ2n) is 4.13. The first-order chi connectivity index (χ1) is 8.35. The van der Waals surface area contributed by atoms with Gasteiger partial charge in [-0.25, -0.2) is 0 Å². The number of rotatable bonds is 4. The molecule has 1 N–H and O–H groups in total. The van der Waals surface area contributed by atoms with E-state index in [1.165, 1.54) is 22.4 Å². The maximum atomic E-state index is 3.45. The number of nitrogens with one attached hydrogen (secondary N) is 1. The fourth-order valence-corrected chi connectivity index (χ4v) is 2.02. The first kappa shape index (κ1) is 11.7. The molecule has 0 fully saturated rings. The molecule has 0 saturated carbocycles. The Morgan fingerprint density at radius 3 is 2.35 bits per heavy atom. The van der Waals surface area contributed by atoms with Crippen molar-refractivity contribution in [1.29, 1.82) is 0 Å². The quantitative estimate of drug-likeness (QED) is 0.815. The molecule has 88 valence electrons. The Morgan fingerprint density at radius 1 is 0.941 bits per heavy atom. The molecule has 0 aliphatic rings. The van der Waals surface area contributed by atoms with Crippen molar-refractivity contribution in [2.24, 2.45) is 0 Å². The van der Waals surface area contributed by atoms with Crippen molar-refractivity contribution in [3.63, 3.8) is 0 Å². The van der Waals surface area contributed by atoms with E-state index in [4.69, 9.17) is 0 Å². The summed E-state index contributed by atoms with van der Waals surface area (Å²) < 4.78 is 0. The van der Waals surface area contributed by atoms with E-state index in [1.807, 2.05) is 0 Å². The topological polar surface area (TPSA) is 12.0 Å². The fourth-order valence-electron chi connectivity index (χ4n) is 2.02. The molecule has 0 atom stereocenters. The van der Waals surface area contributed by atoms with Crippen LogP contribution in [0.2, 0.25) is 0 Å². The minimum absolute atomic E-state index is 0.951. The Labute approximate surface area is 103 Å². The monoisotopic (exact) mass is 225 g/mol. The molecule has 0 spiro atoms. The first-order valence-corrected chi connectivity index (χ1v) is 6.27. The maximum Gasteiger partial charge on any atom is 0.0422 e. The Kier molecular flexibility index (Phi) is 3.81. The van der Waals surface area contributed by atoms with E-state index < -0.39 is 0 Å². The van der Waals surface area contributed by atoms with E-state index in [-0.39, 0.29) is 0 Å². The van der Waals surface area contributed by atoms with Crippen LogP contribution >= 0.6 is 0 Å². The van der Waals surface area contributed by atoms with Gasteiger partial charge in [0.2, 0.25) is 0 Å². The summed E-state index contributed by atoms with van der Waals surface area (Å²) in [5.74, 6) is 0. The van der Waals surface area contributed by atoms with Crippen molar-refractivity contribution in [2.45, 2.75) is 20.3 Å². The molecule has 0 aromatic heterocycles. The highest BCUT2D eigenvalue weighted by Crippen LogP contribution is 2.28. The van der Waals surface area contributed by atoms with Crippen LogP contribution in [0.1, 0.15) is 19.4 Å². The molecule has 2 aromatic carbocycles. The van der Waals surface area contributed by atoms with Gasteiger partial charge in [-0.2, -0.15) is 0 Å². The molecule has 2 aromatic rings. The van der Waals surface area contributed by atoms with Crippen molar-refractivity contribution in [1.82, 2.24) is 0 Å². The summed E-state index contributed by atoms with van der Waals surface area (Å²) in [7, 11) is 0. The highest BCUT2D eigenvalue weighted by atomic mass is 14.9. The van der Waals surface area contributed by atoms with Gasteiger partial charge < -0.3 is 5.32 Å². The minimum Gasteiger partial charge on any atom is -0.385 e. The van der Waals surface area contributed by atoms with Gasteiger partial charge in [0.15, 0.2) is 0 Å². The fraction of sp³-hybridized carbons (Fsp3) is 0.250. The molecule has 17 heavy (non-hydrogen) atoms. The van der Waals surface area contributed by atoms with Gasteiger partial charge in [-0.15, -0.1) is 0 Å². The zero-order valence-electron chi connectivity index (χ0n) is 10.5. The van der Waals surface area contributed by atoms with Crippen molar-refractivity contribution in [3.05, 3.63) is 54.1 Å². The summed E-state index contributed by atoms with van der Waals surface area (Å²) >= 11 is 0. The van der Waals surface area contributed by atoms with Gasteiger partial charge >= 0.3 is 0 Å². The second kappa shape index (κ2) is 5.53. The molecule has 0 aliphatic heterocycles. The van der Waals surface area contributed by atoms with Crippen molar-refractivity contribution in [2.75, 3.05) is 11.9 Å². The summed E-state index contributed by atoms with van der Waals surface area (Å²) in [5.41, 5.74) is 5.16. The molecular weight excluding hydrogens is 206 g/mol. The zero-order chi connectivity index (χ0) is 12.1. The van der Waals surface area contributed by atoms with Crippen LogP contribution < -0.4 is 5.32 Å². The van der Waals surface area contributed by atoms with E-state index in [1.54, 1.807) is 0 Å². The zero-order valence-corrected chi connectivity index (χ0v) is 10.5. The molecule has 0 saturated heterocycles. The number of benzene rings is 2. The van der Waals surface area contributed by atoms with Gasteiger partial charge in [0, 0.05) is 17.8 Å². The average Bonchev–Trinajstić information content (AvgIpc) is 2.40. The third kappa shape index (κ3) is 2.68. The van der Waals surface area contributed by atoms with Crippen molar-refractivity contribution >= 4 is 5.69 Å². The number of anilines is 1. The Balaban J connectivity index is 2.46.